The number of carbonyl (C=O) groups is 1. The molecule has 5 heteroatoms. The Balaban J connectivity index is 2.01. The number of hydrogen-bond donors (Lipinski definition) is 1. The van der Waals surface area contributed by atoms with Gasteiger partial charge >= 0.3 is 0 Å². The Labute approximate surface area is 96.1 Å². The van der Waals surface area contributed by atoms with E-state index in [1.54, 1.807) is 6.07 Å². The molecule has 0 saturated carbocycles. The van der Waals surface area contributed by atoms with Crippen molar-refractivity contribution < 1.29 is 18.0 Å². The van der Waals surface area contributed by atoms with Crippen molar-refractivity contribution in [2.45, 2.75) is 6.54 Å². The summed E-state index contributed by atoms with van der Waals surface area (Å²) in [6.45, 7) is -0.0222. The van der Waals surface area contributed by atoms with E-state index in [0.29, 0.717) is 0 Å². The van der Waals surface area contributed by atoms with Gasteiger partial charge in [-0.05, 0) is 18.2 Å². The first kappa shape index (κ1) is 11.3. The van der Waals surface area contributed by atoms with Crippen LogP contribution < -0.4 is 5.32 Å². The van der Waals surface area contributed by atoms with Crippen LogP contribution in [0.15, 0.2) is 41.0 Å². The summed E-state index contributed by atoms with van der Waals surface area (Å²) in [7, 11) is 0. The summed E-state index contributed by atoms with van der Waals surface area (Å²) in [6.07, 6.45) is 1.37. The van der Waals surface area contributed by atoms with E-state index in [1.165, 1.54) is 18.4 Å². The van der Waals surface area contributed by atoms with E-state index in [-0.39, 0.29) is 17.9 Å². The lowest BCUT2D eigenvalue weighted by atomic mass is 10.2. The fourth-order valence-corrected chi connectivity index (χ4v) is 1.34. The molecular formula is C12H9F2NO2. The van der Waals surface area contributed by atoms with Crippen molar-refractivity contribution in [1.29, 1.82) is 0 Å². The molecule has 0 aliphatic heterocycles. The second-order valence-corrected chi connectivity index (χ2v) is 3.40. The number of furan rings is 1. The SMILES string of the molecule is O=C(NCc1ccc(F)cc1F)c1ccco1. The second-order valence-electron chi connectivity index (χ2n) is 3.40. The number of nitrogens with one attached hydrogen (secondary N) is 1. The van der Waals surface area contributed by atoms with Gasteiger partial charge in [0.05, 0.1) is 6.26 Å². The third-order valence-corrected chi connectivity index (χ3v) is 2.20. The number of amides is 1. The third-order valence-electron chi connectivity index (χ3n) is 2.20. The van der Waals surface area contributed by atoms with Crippen molar-refractivity contribution in [3.63, 3.8) is 0 Å². The van der Waals surface area contributed by atoms with Gasteiger partial charge in [0, 0.05) is 18.2 Å². The zero-order chi connectivity index (χ0) is 12.3. The highest BCUT2D eigenvalue weighted by atomic mass is 19.1. The smallest absolute Gasteiger partial charge is 0.287 e. The molecule has 0 fully saturated rings. The van der Waals surface area contributed by atoms with Gasteiger partial charge in [0.25, 0.3) is 5.91 Å². The van der Waals surface area contributed by atoms with E-state index in [2.05, 4.69) is 5.32 Å². The predicted octanol–water partition coefficient (Wildman–Crippen LogP) is 2.49. The van der Waals surface area contributed by atoms with E-state index in [1.807, 2.05) is 0 Å². The Bertz CT molecular complexity index is 523. The molecule has 88 valence electrons. The van der Waals surface area contributed by atoms with Gasteiger partial charge in [-0.2, -0.15) is 0 Å². The highest BCUT2D eigenvalue weighted by Crippen LogP contribution is 2.09. The Hall–Kier alpha value is -2.17. The van der Waals surface area contributed by atoms with Crippen LogP contribution in [0.4, 0.5) is 8.78 Å². The fourth-order valence-electron chi connectivity index (χ4n) is 1.34. The van der Waals surface area contributed by atoms with Crippen molar-refractivity contribution in [1.82, 2.24) is 5.32 Å². The van der Waals surface area contributed by atoms with Gasteiger partial charge in [-0.3, -0.25) is 4.79 Å². The van der Waals surface area contributed by atoms with Crippen molar-refractivity contribution in [2.24, 2.45) is 0 Å². The van der Waals surface area contributed by atoms with Crippen LogP contribution in [0, 0.1) is 11.6 Å². The predicted molar refractivity (Wildman–Crippen MR) is 56.2 cm³/mol. The van der Waals surface area contributed by atoms with Crippen LogP contribution in [-0.2, 0) is 6.54 Å². The molecule has 0 atom stereocenters. The maximum atomic E-state index is 13.2. The van der Waals surface area contributed by atoms with Gasteiger partial charge in [-0.25, -0.2) is 8.78 Å². The minimum atomic E-state index is -0.690. The van der Waals surface area contributed by atoms with E-state index in [4.69, 9.17) is 4.42 Å². The first-order chi connectivity index (χ1) is 8.16. The van der Waals surface area contributed by atoms with E-state index in [0.717, 1.165) is 12.1 Å². The minimum absolute atomic E-state index is 0.0222. The minimum Gasteiger partial charge on any atom is -0.459 e. The number of benzene rings is 1. The molecule has 0 unspecified atom stereocenters. The molecule has 17 heavy (non-hydrogen) atoms. The molecule has 2 aromatic rings. The molecule has 0 radical (unpaired) electrons. The summed E-state index contributed by atoms with van der Waals surface area (Å²) in [6, 6.07) is 6.27. The number of halogens is 2. The van der Waals surface area contributed by atoms with Crippen LogP contribution in [0.25, 0.3) is 0 Å². The summed E-state index contributed by atoms with van der Waals surface area (Å²) in [5, 5.41) is 2.47. The quantitative estimate of drug-likeness (QED) is 0.891. The topological polar surface area (TPSA) is 42.2 Å². The van der Waals surface area contributed by atoms with Crippen molar-refractivity contribution in [2.75, 3.05) is 0 Å². The third kappa shape index (κ3) is 2.69. The molecule has 0 saturated heterocycles. The molecule has 1 heterocycles. The lowest BCUT2D eigenvalue weighted by Gasteiger charge is -2.04. The molecule has 3 nitrogen and oxygen atoms in total. The monoisotopic (exact) mass is 237 g/mol. The van der Waals surface area contributed by atoms with E-state index < -0.39 is 17.5 Å². The van der Waals surface area contributed by atoms with Crippen LogP contribution in [-0.4, -0.2) is 5.91 Å². The van der Waals surface area contributed by atoms with Gasteiger partial charge in [0.1, 0.15) is 11.6 Å². The summed E-state index contributed by atoms with van der Waals surface area (Å²) in [5.41, 5.74) is 0.214. The van der Waals surface area contributed by atoms with E-state index >= 15 is 0 Å². The molecule has 0 aliphatic rings. The van der Waals surface area contributed by atoms with Crippen LogP contribution in [0.3, 0.4) is 0 Å². The summed E-state index contributed by atoms with van der Waals surface area (Å²) < 4.78 is 30.7. The lowest BCUT2D eigenvalue weighted by Crippen LogP contribution is -2.22. The highest BCUT2D eigenvalue weighted by molar-refractivity contribution is 5.91. The highest BCUT2D eigenvalue weighted by Gasteiger charge is 2.09. The summed E-state index contributed by atoms with van der Waals surface area (Å²) >= 11 is 0. The summed E-state index contributed by atoms with van der Waals surface area (Å²) in [5.74, 6) is -1.64. The Morgan fingerprint density at radius 2 is 2.12 bits per heavy atom. The fraction of sp³-hybridized carbons (Fsp3) is 0.0833. The average Bonchev–Trinajstić information content (AvgIpc) is 2.81. The first-order valence-corrected chi connectivity index (χ1v) is 4.92. The molecule has 1 amide bonds. The van der Waals surface area contributed by atoms with Crippen molar-refractivity contribution in [3.05, 3.63) is 59.6 Å². The van der Waals surface area contributed by atoms with Crippen molar-refractivity contribution in [3.8, 4) is 0 Å². The molecule has 2 rings (SSSR count). The van der Waals surface area contributed by atoms with Gasteiger partial charge in [0.2, 0.25) is 0 Å². The Kier molecular flexibility index (Phi) is 3.18. The number of carbonyl (C=O) groups excluding carboxylic acids is 1. The van der Waals surface area contributed by atoms with Crippen LogP contribution in [0.2, 0.25) is 0 Å². The maximum absolute atomic E-state index is 13.2. The van der Waals surface area contributed by atoms with Gasteiger partial charge in [-0.15, -0.1) is 0 Å². The first-order valence-electron chi connectivity index (χ1n) is 4.92. The molecule has 1 aromatic carbocycles. The molecule has 1 N–H and O–H groups in total. The zero-order valence-corrected chi connectivity index (χ0v) is 8.74. The summed E-state index contributed by atoms with van der Waals surface area (Å²) in [4.78, 5) is 11.5. The largest absolute Gasteiger partial charge is 0.459 e. The molecule has 0 bridgehead atoms. The zero-order valence-electron chi connectivity index (χ0n) is 8.74. The molecule has 0 aliphatic carbocycles. The van der Waals surface area contributed by atoms with Crippen LogP contribution in [0.1, 0.15) is 16.1 Å². The molecule has 0 spiro atoms. The Morgan fingerprint density at radius 1 is 1.29 bits per heavy atom. The van der Waals surface area contributed by atoms with E-state index in [9.17, 15) is 13.6 Å². The molecule has 1 aromatic heterocycles. The number of hydrogen-bond acceptors (Lipinski definition) is 2. The van der Waals surface area contributed by atoms with Crippen LogP contribution >= 0.6 is 0 Å². The van der Waals surface area contributed by atoms with Crippen LogP contribution in [0.5, 0.6) is 0 Å². The Morgan fingerprint density at radius 3 is 2.76 bits per heavy atom. The van der Waals surface area contributed by atoms with Gasteiger partial charge in [0.15, 0.2) is 5.76 Å². The lowest BCUT2D eigenvalue weighted by molar-refractivity contribution is 0.0923. The number of rotatable bonds is 3. The molecular weight excluding hydrogens is 228 g/mol. The standard InChI is InChI=1S/C12H9F2NO2/c13-9-4-3-8(10(14)6-9)7-15-12(16)11-2-1-5-17-11/h1-6H,7H2,(H,15,16). The average molecular weight is 237 g/mol. The normalized spacial score (nSPS) is 10.2. The van der Waals surface area contributed by atoms with Crippen molar-refractivity contribution >= 4 is 5.91 Å². The van der Waals surface area contributed by atoms with Gasteiger partial charge in [-0.1, -0.05) is 6.07 Å². The van der Waals surface area contributed by atoms with Gasteiger partial charge < -0.3 is 9.73 Å². The second kappa shape index (κ2) is 4.78. The maximum Gasteiger partial charge on any atom is 0.287 e.